The fourth-order valence-corrected chi connectivity index (χ4v) is 7.48. The molecule has 8 rings (SSSR count). The quantitative estimate of drug-likeness (QED) is 0.0985. The third-order valence-corrected chi connectivity index (χ3v) is 10.2. The van der Waals surface area contributed by atoms with Crippen molar-refractivity contribution in [2.45, 2.75) is 17.3 Å². The maximum absolute atomic E-state index is 13.1. The van der Waals surface area contributed by atoms with E-state index in [9.17, 15) is 4.79 Å². The number of benzene rings is 7. The molecule has 0 atom stereocenters. The predicted molar refractivity (Wildman–Crippen MR) is 231 cm³/mol. The molecule has 0 saturated heterocycles. The van der Waals surface area contributed by atoms with E-state index in [-0.39, 0.29) is 25.1 Å². The number of nitrogens with one attached hydrogen (secondary N) is 1. The lowest BCUT2D eigenvalue weighted by Gasteiger charge is -2.39. The van der Waals surface area contributed by atoms with E-state index in [0.717, 1.165) is 33.4 Å². The lowest BCUT2D eigenvalue weighted by atomic mass is 9.80. The minimum Gasteiger partial charge on any atom is -0.455 e. The van der Waals surface area contributed by atoms with Crippen LogP contribution in [0.1, 0.15) is 43.7 Å². The van der Waals surface area contributed by atoms with Crippen LogP contribution in [0, 0.1) is 0 Å². The Kier molecular flexibility index (Phi) is 12.0. The van der Waals surface area contributed by atoms with Crippen LogP contribution < -0.4 is 10.1 Å². The summed E-state index contributed by atoms with van der Waals surface area (Å²) in [6.07, 6.45) is 0.799. The standard InChI is InChI=1S/C52H43N3O4/c56-49(40-22-8-1-9-23-40)54-48-36-37-53-50(55-48)59-47(38-57-51(41-24-10-2-11-25-41,42-26-12-3-13-27-42)43-28-14-4-15-29-43)39-58-52(44-30-16-5-17-31-44,45-32-18-6-19-33-45)46-34-20-7-21-35-46/h1-37,47H,38-39H2,(H,53,54,55,56). The minimum absolute atomic E-state index is 0.0527. The van der Waals surface area contributed by atoms with Crippen LogP contribution in [0.3, 0.4) is 0 Å². The van der Waals surface area contributed by atoms with Crippen LogP contribution in [-0.2, 0) is 20.7 Å². The lowest BCUT2D eigenvalue weighted by molar-refractivity contribution is -0.0822. The van der Waals surface area contributed by atoms with E-state index in [4.69, 9.17) is 14.2 Å². The molecule has 1 heterocycles. The highest BCUT2D eigenvalue weighted by atomic mass is 16.6. The van der Waals surface area contributed by atoms with E-state index < -0.39 is 17.3 Å². The molecule has 290 valence electrons. The van der Waals surface area contributed by atoms with Crippen molar-refractivity contribution in [3.05, 3.63) is 264 Å². The van der Waals surface area contributed by atoms with Gasteiger partial charge in [-0.3, -0.25) is 4.79 Å². The molecule has 0 aliphatic heterocycles. The summed E-state index contributed by atoms with van der Waals surface area (Å²) >= 11 is 0. The molecule has 0 spiro atoms. The maximum Gasteiger partial charge on any atom is 0.318 e. The first-order valence-corrected chi connectivity index (χ1v) is 19.6. The fourth-order valence-electron chi connectivity index (χ4n) is 7.48. The van der Waals surface area contributed by atoms with Crippen molar-refractivity contribution in [2.75, 3.05) is 18.5 Å². The normalized spacial score (nSPS) is 11.5. The Bertz CT molecular complexity index is 2190. The van der Waals surface area contributed by atoms with Crippen LogP contribution in [0.4, 0.5) is 5.82 Å². The van der Waals surface area contributed by atoms with Gasteiger partial charge in [0.25, 0.3) is 5.91 Å². The van der Waals surface area contributed by atoms with E-state index in [1.807, 2.05) is 127 Å². The molecule has 7 aromatic carbocycles. The van der Waals surface area contributed by atoms with E-state index in [2.05, 4.69) is 88.1 Å². The number of hydrogen-bond donors (Lipinski definition) is 1. The predicted octanol–water partition coefficient (Wildman–Crippen LogP) is 10.5. The third kappa shape index (κ3) is 8.58. The molecule has 0 bridgehead atoms. The Morgan fingerprint density at radius 1 is 0.458 bits per heavy atom. The smallest absolute Gasteiger partial charge is 0.318 e. The third-order valence-electron chi connectivity index (χ3n) is 10.2. The first-order valence-electron chi connectivity index (χ1n) is 19.6. The van der Waals surface area contributed by atoms with E-state index in [0.29, 0.717) is 11.4 Å². The van der Waals surface area contributed by atoms with Gasteiger partial charge in [0.05, 0.1) is 13.2 Å². The lowest BCUT2D eigenvalue weighted by Crippen LogP contribution is -2.41. The fraction of sp³-hybridized carbons (Fsp3) is 0.0962. The molecule has 0 unspecified atom stereocenters. The molecule has 0 saturated carbocycles. The topological polar surface area (TPSA) is 82.6 Å². The van der Waals surface area contributed by atoms with Crippen LogP contribution >= 0.6 is 0 Å². The Hall–Kier alpha value is -7.19. The van der Waals surface area contributed by atoms with Crippen LogP contribution in [-0.4, -0.2) is 35.2 Å². The average Bonchev–Trinajstić information content (AvgIpc) is 3.32. The first kappa shape index (κ1) is 38.7. The zero-order valence-corrected chi connectivity index (χ0v) is 32.4. The van der Waals surface area contributed by atoms with Crippen molar-refractivity contribution in [2.24, 2.45) is 0 Å². The van der Waals surface area contributed by atoms with Crippen LogP contribution in [0.25, 0.3) is 0 Å². The zero-order chi connectivity index (χ0) is 40.2. The van der Waals surface area contributed by atoms with E-state index >= 15 is 0 Å². The van der Waals surface area contributed by atoms with Gasteiger partial charge in [0, 0.05) is 11.8 Å². The summed E-state index contributed by atoms with van der Waals surface area (Å²) in [5.41, 5.74) is 4.14. The van der Waals surface area contributed by atoms with E-state index in [1.165, 1.54) is 0 Å². The SMILES string of the molecule is O=C(Nc1ccnc(OC(COC(c2ccccc2)(c2ccccc2)c2ccccc2)COC(c2ccccc2)(c2ccccc2)c2ccccc2)n1)c1ccccc1. The molecule has 7 heteroatoms. The summed E-state index contributed by atoms with van der Waals surface area (Å²) in [5, 5.41) is 2.88. The first-order chi connectivity index (χ1) is 29.1. The van der Waals surface area contributed by atoms with Crippen molar-refractivity contribution in [3.63, 3.8) is 0 Å². The van der Waals surface area contributed by atoms with Gasteiger partial charge < -0.3 is 19.5 Å². The summed E-state index contributed by atoms with van der Waals surface area (Å²) < 4.78 is 21.4. The molecular weight excluding hydrogens is 731 g/mol. The molecule has 1 N–H and O–H groups in total. The molecule has 0 aliphatic carbocycles. The number of ether oxygens (including phenoxy) is 3. The molecule has 0 aliphatic rings. The van der Waals surface area contributed by atoms with Gasteiger partial charge in [-0.25, -0.2) is 4.98 Å². The number of carbonyl (C=O) groups excluding carboxylic acids is 1. The van der Waals surface area contributed by atoms with Crippen molar-refractivity contribution in [3.8, 4) is 6.01 Å². The summed E-state index contributed by atoms with van der Waals surface area (Å²) in [6.45, 7) is 0.105. The van der Waals surface area contributed by atoms with Crippen molar-refractivity contribution in [1.29, 1.82) is 0 Å². The zero-order valence-electron chi connectivity index (χ0n) is 32.4. The van der Waals surface area contributed by atoms with Crippen molar-refractivity contribution in [1.82, 2.24) is 9.97 Å². The highest BCUT2D eigenvalue weighted by Crippen LogP contribution is 2.43. The molecular formula is C52H43N3O4. The highest BCUT2D eigenvalue weighted by Gasteiger charge is 2.41. The second kappa shape index (κ2) is 18.4. The van der Waals surface area contributed by atoms with Crippen LogP contribution in [0.5, 0.6) is 6.01 Å². The second-order valence-corrected chi connectivity index (χ2v) is 14.0. The molecule has 1 aromatic heterocycles. The highest BCUT2D eigenvalue weighted by molar-refractivity contribution is 6.03. The van der Waals surface area contributed by atoms with Gasteiger partial charge in [-0.05, 0) is 51.6 Å². The van der Waals surface area contributed by atoms with Crippen LogP contribution in [0.15, 0.2) is 225 Å². The van der Waals surface area contributed by atoms with Gasteiger partial charge in [0.15, 0.2) is 0 Å². The van der Waals surface area contributed by atoms with Crippen molar-refractivity contribution < 1.29 is 19.0 Å². The van der Waals surface area contributed by atoms with Gasteiger partial charge in [-0.1, -0.05) is 200 Å². The van der Waals surface area contributed by atoms with Gasteiger partial charge in [-0.15, -0.1) is 0 Å². The summed E-state index contributed by atoms with van der Waals surface area (Å²) in [5.74, 6) is -0.000882. The number of amides is 1. The number of carbonyl (C=O) groups is 1. The molecule has 8 aromatic rings. The van der Waals surface area contributed by atoms with Gasteiger partial charge in [0.1, 0.15) is 23.1 Å². The Morgan fingerprint density at radius 2 is 0.780 bits per heavy atom. The second-order valence-electron chi connectivity index (χ2n) is 14.0. The minimum atomic E-state index is -1.03. The molecule has 1 amide bonds. The monoisotopic (exact) mass is 773 g/mol. The number of nitrogens with zero attached hydrogens (tertiary/aromatic N) is 2. The summed E-state index contributed by atoms with van der Waals surface area (Å²) in [7, 11) is 0. The van der Waals surface area contributed by atoms with Crippen LogP contribution in [0.2, 0.25) is 0 Å². The van der Waals surface area contributed by atoms with Gasteiger partial charge in [-0.2, -0.15) is 4.98 Å². The largest absolute Gasteiger partial charge is 0.455 e. The molecule has 59 heavy (non-hydrogen) atoms. The Morgan fingerprint density at radius 3 is 1.12 bits per heavy atom. The Balaban J connectivity index is 1.21. The average molecular weight is 774 g/mol. The van der Waals surface area contributed by atoms with Gasteiger partial charge in [0.2, 0.25) is 0 Å². The van der Waals surface area contributed by atoms with E-state index in [1.54, 1.807) is 24.4 Å². The molecule has 0 radical (unpaired) electrons. The van der Waals surface area contributed by atoms with Gasteiger partial charge >= 0.3 is 6.01 Å². The Labute approximate surface area is 345 Å². The molecule has 7 nitrogen and oxygen atoms in total. The number of anilines is 1. The molecule has 0 fully saturated rings. The number of aromatic nitrogens is 2. The summed E-state index contributed by atoms with van der Waals surface area (Å²) in [6, 6.07) is 71.9. The number of rotatable bonds is 16. The number of hydrogen-bond acceptors (Lipinski definition) is 6. The van der Waals surface area contributed by atoms with Crippen molar-refractivity contribution >= 4 is 11.7 Å². The maximum atomic E-state index is 13.1. The summed E-state index contributed by atoms with van der Waals surface area (Å²) in [4.78, 5) is 22.3.